The summed E-state index contributed by atoms with van der Waals surface area (Å²) < 4.78 is 17.9. The van der Waals surface area contributed by atoms with Gasteiger partial charge in [-0.25, -0.2) is 0 Å². The lowest BCUT2D eigenvalue weighted by molar-refractivity contribution is 0.126. The first-order valence-corrected chi connectivity index (χ1v) is 22.3. The number of para-hydroxylation sites is 5. The lowest BCUT2D eigenvalue weighted by Gasteiger charge is -2.24. The fourth-order valence-corrected chi connectivity index (χ4v) is 10.5. The number of fused-ring (bicyclic) bond motifs is 6. The van der Waals surface area contributed by atoms with Crippen molar-refractivity contribution in [2.45, 2.75) is 46.0 Å². The predicted octanol–water partition coefficient (Wildman–Crippen LogP) is 14.1. The van der Waals surface area contributed by atoms with Gasteiger partial charge in [0.1, 0.15) is 23.0 Å². The lowest BCUT2D eigenvalue weighted by Crippen LogP contribution is -2.21. The first-order valence-electron chi connectivity index (χ1n) is 22.3. The van der Waals surface area contributed by atoms with Crippen LogP contribution in [0.3, 0.4) is 0 Å². The Balaban J connectivity index is 0.862. The van der Waals surface area contributed by atoms with Crippen molar-refractivity contribution in [2.24, 2.45) is 11.8 Å². The number of hydrogen-bond donors (Lipinski definition) is 2. The van der Waals surface area contributed by atoms with Crippen molar-refractivity contribution < 1.29 is 19.7 Å². The second-order valence-electron chi connectivity index (χ2n) is 17.5. The van der Waals surface area contributed by atoms with Gasteiger partial charge in [0.05, 0.1) is 46.7 Å². The molecule has 312 valence electrons. The zero-order chi connectivity index (χ0) is 42.6. The molecule has 1 fully saturated rings. The van der Waals surface area contributed by atoms with Crippen molar-refractivity contribution in [3.05, 3.63) is 180 Å². The minimum Gasteiger partial charge on any atom is -0.505 e. The van der Waals surface area contributed by atoms with E-state index in [9.17, 15) is 10.2 Å². The largest absolute Gasteiger partial charge is 0.505 e. The van der Waals surface area contributed by atoms with Gasteiger partial charge in [-0.3, -0.25) is 0 Å². The molecule has 63 heavy (non-hydrogen) atoms. The van der Waals surface area contributed by atoms with Gasteiger partial charge in [0.25, 0.3) is 0 Å². The number of benzene rings is 7. The minimum absolute atomic E-state index is 0.224. The molecule has 0 spiro atoms. The van der Waals surface area contributed by atoms with Crippen LogP contribution in [0.4, 0.5) is 0 Å². The van der Waals surface area contributed by atoms with E-state index in [1.807, 2.05) is 24.3 Å². The third kappa shape index (κ3) is 6.72. The molecule has 0 radical (unpaired) electrons. The maximum atomic E-state index is 12.2. The monoisotopic (exact) mass is 826 g/mol. The third-order valence-corrected chi connectivity index (χ3v) is 13.5. The van der Waals surface area contributed by atoms with Crippen LogP contribution in [0.2, 0.25) is 0 Å². The van der Waals surface area contributed by atoms with Crippen molar-refractivity contribution in [1.82, 2.24) is 9.13 Å². The fourth-order valence-electron chi connectivity index (χ4n) is 10.5. The molecular formula is C57H50N2O4. The SMILES string of the molecule is Cc1cc(C2=C(OCC3CCC[C@@H]3COc3ccccc3-c3cc(C)cc(-n4c5ccccc5c5ccccc54)c3O)C=CCC2)c(O)c(-n2c3ccccc3c3ccccc32)c1. The van der Waals surface area contributed by atoms with Gasteiger partial charge in [0, 0.05) is 43.8 Å². The van der Waals surface area contributed by atoms with Crippen LogP contribution in [0.25, 0.3) is 71.7 Å². The predicted molar refractivity (Wildman–Crippen MR) is 257 cm³/mol. The smallest absolute Gasteiger partial charge is 0.147 e. The quantitative estimate of drug-likeness (QED) is 0.144. The Morgan fingerprint density at radius 2 is 0.984 bits per heavy atom. The number of phenolic OH excluding ortho intramolecular Hbond substituents is 2. The Morgan fingerprint density at radius 3 is 1.54 bits per heavy atom. The minimum atomic E-state index is 0.224. The molecule has 9 aromatic rings. The molecule has 6 nitrogen and oxygen atoms in total. The summed E-state index contributed by atoms with van der Waals surface area (Å²) in [5.41, 5.74) is 11.4. The van der Waals surface area contributed by atoms with E-state index in [0.717, 1.165) is 132 Å². The molecule has 11 rings (SSSR count). The summed E-state index contributed by atoms with van der Waals surface area (Å²) >= 11 is 0. The van der Waals surface area contributed by atoms with E-state index >= 15 is 0 Å². The summed E-state index contributed by atoms with van der Waals surface area (Å²) in [6.07, 6.45) is 9.19. The average molecular weight is 827 g/mol. The number of allylic oxidation sites excluding steroid dienone is 3. The number of aromatic nitrogens is 2. The number of rotatable bonds is 10. The number of phenols is 2. The highest BCUT2D eigenvalue weighted by molar-refractivity contribution is 6.10. The summed E-state index contributed by atoms with van der Waals surface area (Å²) in [6, 6.07) is 50.0. The molecule has 6 heteroatoms. The van der Waals surface area contributed by atoms with Gasteiger partial charge in [-0.15, -0.1) is 0 Å². The molecule has 2 aromatic heterocycles. The summed E-state index contributed by atoms with van der Waals surface area (Å²) in [7, 11) is 0. The van der Waals surface area contributed by atoms with E-state index in [4.69, 9.17) is 9.47 Å². The second-order valence-corrected chi connectivity index (χ2v) is 17.5. The highest BCUT2D eigenvalue weighted by Gasteiger charge is 2.30. The summed E-state index contributed by atoms with van der Waals surface area (Å²) in [5.74, 6) is 2.71. The molecule has 2 aliphatic carbocycles. The number of hydrogen-bond acceptors (Lipinski definition) is 4. The van der Waals surface area contributed by atoms with Crippen LogP contribution in [0.15, 0.2) is 164 Å². The van der Waals surface area contributed by atoms with Gasteiger partial charge in [0.15, 0.2) is 0 Å². The van der Waals surface area contributed by atoms with Crippen molar-refractivity contribution >= 4 is 49.2 Å². The van der Waals surface area contributed by atoms with Crippen molar-refractivity contribution in [3.63, 3.8) is 0 Å². The number of aromatic hydroxyl groups is 2. The van der Waals surface area contributed by atoms with Gasteiger partial charge in [-0.05, 0) is 123 Å². The van der Waals surface area contributed by atoms with Crippen LogP contribution in [0.1, 0.15) is 48.8 Å². The fraction of sp³-hybridized carbons (Fsp3) is 0.193. The van der Waals surface area contributed by atoms with Crippen LogP contribution in [0, 0.1) is 25.7 Å². The molecule has 2 atom stereocenters. The zero-order valence-electron chi connectivity index (χ0n) is 35.7. The Labute approximate surface area is 367 Å². The molecule has 0 bridgehead atoms. The third-order valence-electron chi connectivity index (χ3n) is 13.5. The highest BCUT2D eigenvalue weighted by Crippen LogP contribution is 2.45. The van der Waals surface area contributed by atoms with E-state index in [1.165, 1.54) is 0 Å². The van der Waals surface area contributed by atoms with Gasteiger partial charge in [0.2, 0.25) is 0 Å². The van der Waals surface area contributed by atoms with Gasteiger partial charge >= 0.3 is 0 Å². The van der Waals surface area contributed by atoms with E-state index in [-0.39, 0.29) is 11.5 Å². The zero-order valence-corrected chi connectivity index (χ0v) is 35.7. The summed E-state index contributed by atoms with van der Waals surface area (Å²) in [4.78, 5) is 0. The van der Waals surface area contributed by atoms with Crippen LogP contribution >= 0.6 is 0 Å². The Kier molecular flexibility index (Phi) is 9.79. The van der Waals surface area contributed by atoms with Crippen LogP contribution in [-0.4, -0.2) is 32.6 Å². The first-order chi connectivity index (χ1) is 30.9. The molecule has 0 amide bonds. The molecule has 1 unspecified atom stereocenters. The molecule has 1 saturated carbocycles. The van der Waals surface area contributed by atoms with Gasteiger partial charge < -0.3 is 28.8 Å². The molecule has 0 saturated heterocycles. The Hall–Kier alpha value is -7.18. The number of ether oxygens (including phenoxy) is 2. The maximum absolute atomic E-state index is 12.2. The Bertz CT molecular complexity index is 3190. The van der Waals surface area contributed by atoms with Crippen LogP contribution < -0.4 is 4.74 Å². The molecule has 2 aliphatic rings. The topological polar surface area (TPSA) is 68.8 Å². The van der Waals surface area contributed by atoms with E-state index in [2.05, 4.69) is 156 Å². The molecule has 0 aliphatic heterocycles. The molecule has 2 heterocycles. The van der Waals surface area contributed by atoms with E-state index in [1.54, 1.807) is 0 Å². The Morgan fingerprint density at radius 1 is 0.524 bits per heavy atom. The van der Waals surface area contributed by atoms with Gasteiger partial charge in [-0.2, -0.15) is 0 Å². The second kappa shape index (κ2) is 15.9. The van der Waals surface area contributed by atoms with Gasteiger partial charge in [-0.1, -0.05) is 103 Å². The standard InChI is InChI=1S/C57H50N2O4/c1-36-30-46(56(60)52(32-36)58-48-24-9-3-18-40(48)41-19-4-10-25-49(41)58)44-22-7-13-28-54(44)62-34-38-16-15-17-39(38)35-63-55-29-14-8-23-45(55)47-31-37(2)33-53(57(47)61)59-50-26-11-5-20-42(50)43-21-6-12-27-51(43)59/h3-7,9-14,18-22,24-33,38-39,60-61H,8,15-17,23,34-35H2,1-2H3/t38-,39?/m1/s1. The molecular weight excluding hydrogens is 777 g/mol. The average Bonchev–Trinajstić information content (AvgIpc) is 4.01. The normalized spacial score (nSPS) is 16.5. The van der Waals surface area contributed by atoms with Crippen LogP contribution in [0.5, 0.6) is 17.2 Å². The summed E-state index contributed by atoms with van der Waals surface area (Å²) in [5, 5.41) is 29.0. The lowest BCUT2D eigenvalue weighted by atomic mass is 9.93. The van der Waals surface area contributed by atoms with E-state index in [0.29, 0.717) is 25.0 Å². The van der Waals surface area contributed by atoms with Crippen LogP contribution in [-0.2, 0) is 4.74 Å². The number of aryl methyl sites for hydroxylation is 2. The molecule has 7 aromatic carbocycles. The van der Waals surface area contributed by atoms with Crippen molar-refractivity contribution in [1.29, 1.82) is 0 Å². The number of nitrogens with zero attached hydrogens (tertiary/aromatic N) is 2. The van der Waals surface area contributed by atoms with Crippen molar-refractivity contribution in [2.75, 3.05) is 13.2 Å². The highest BCUT2D eigenvalue weighted by atomic mass is 16.5. The molecule has 2 N–H and O–H groups in total. The maximum Gasteiger partial charge on any atom is 0.147 e. The van der Waals surface area contributed by atoms with Crippen molar-refractivity contribution in [3.8, 4) is 39.8 Å². The summed E-state index contributed by atoms with van der Waals surface area (Å²) in [6.45, 7) is 5.32. The van der Waals surface area contributed by atoms with E-state index < -0.39 is 0 Å². The first kappa shape index (κ1) is 38.7.